The van der Waals surface area contributed by atoms with Gasteiger partial charge in [0.2, 0.25) is 5.91 Å². The van der Waals surface area contributed by atoms with E-state index in [4.69, 9.17) is 10.5 Å². The summed E-state index contributed by atoms with van der Waals surface area (Å²) in [6.07, 6.45) is 1.31. The second kappa shape index (κ2) is 8.68. The molecule has 0 aromatic heterocycles. The van der Waals surface area contributed by atoms with Crippen LogP contribution < -0.4 is 5.73 Å². The summed E-state index contributed by atoms with van der Waals surface area (Å²) >= 11 is 0. The van der Waals surface area contributed by atoms with Crippen molar-refractivity contribution < 1.29 is 9.53 Å². The highest BCUT2D eigenvalue weighted by molar-refractivity contribution is 5.76. The molecule has 4 nitrogen and oxygen atoms in total. The number of carbonyl (C=O) groups is 1. The van der Waals surface area contributed by atoms with Crippen LogP contribution in [0.4, 0.5) is 0 Å². The van der Waals surface area contributed by atoms with Crippen LogP contribution in [0.5, 0.6) is 0 Å². The van der Waals surface area contributed by atoms with E-state index >= 15 is 0 Å². The van der Waals surface area contributed by atoms with Crippen molar-refractivity contribution in [2.24, 2.45) is 11.7 Å². The molecule has 0 saturated heterocycles. The number of rotatable bonds is 8. The molecule has 0 rings (SSSR count). The minimum absolute atomic E-state index is 0.186. The molecule has 1 amide bonds. The Morgan fingerprint density at radius 2 is 2.13 bits per heavy atom. The molecule has 0 saturated carbocycles. The van der Waals surface area contributed by atoms with E-state index < -0.39 is 0 Å². The van der Waals surface area contributed by atoms with Crippen LogP contribution in [0.15, 0.2) is 0 Å². The molecule has 0 aromatic rings. The first-order valence-corrected chi connectivity index (χ1v) is 5.58. The SMILES string of the molecule is COCCN(CC(C)C)C(=O)CCCN. The maximum atomic E-state index is 11.8. The third-order valence-electron chi connectivity index (χ3n) is 2.10. The van der Waals surface area contributed by atoms with Crippen molar-refractivity contribution >= 4 is 5.91 Å². The predicted molar refractivity (Wildman–Crippen MR) is 61.6 cm³/mol. The van der Waals surface area contributed by atoms with Crippen LogP contribution in [0.25, 0.3) is 0 Å². The standard InChI is InChI=1S/C11H24N2O2/c1-10(2)9-13(7-8-15-3)11(14)5-4-6-12/h10H,4-9,12H2,1-3H3. The number of ether oxygens (including phenoxy) is 1. The summed E-state index contributed by atoms with van der Waals surface area (Å²) < 4.78 is 4.99. The highest BCUT2D eigenvalue weighted by Crippen LogP contribution is 2.02. The lowest BCUT2D eigenvalue weighted by molar-refractivity contribution is -0.132. The predicted octanol–water partition coefficient (Wildman–Crippen LogP) is 0.856. The summed E-state index contributed by atoms with van der Waals surface area (Å²) in [4.78, 5) is 13.6. The summed E-state index contributed by atoms with van der Waals surface area (Å²) in [6, 6.07) is 0. The molecule has 0 fully saturated rings. The Bertz CT molecular complexity index is 172. The molecule has 0 atom stereocenters. The molecular weight excluding hydrogens is 192 g/mol. The lowest BCUT2D eigenvalue weighted by Gasteiger charge is -2.24. The normalized spacial score (nSPS) is 10.7. The Morgan fingerprint density at radius 1 is 1.47 bits per heavy atom. The second-order valence-electron chi connectivity index (χ2n) is 4.12. The maximum absolute atomic E-state index is 11.8. The first-order chi connectivity index (χ1) is 7.11. The first-order valence-electron chi connectivity index (χ1n) is 5.58. The van der Waals surface area contributed by atoms with Crippen molar-refractivity contribution in [1.29, 1.82) is 0 Å². The van der Waals surface area contributed by atoms with E-state index in [0.717, 1.165) is 13.0 Å². The van der Waals surface area contributed by atoms with E-state index in [1.54, 1.807) is 7.11 Å². The van der Waals surface area contributed by atoms with Gasteiger partial charge >= 0.3 is 0 Å². The number of methoxy groups -OCH3 is 1. The molecule has 0 radical (unpaired) electrons. The molecule has 2 N–H and O–H groups in total. The van der Waals surface area contributed by atoms with Gasteiger partial charge in [-0.05, 0) is 18.9 Å². The minimum atomic E-state index is 0.186. The first kappa shape index (κ1) is 14.4. The average Bonchev–Trinajstić information content (AvgIpc) is 2.20. The van der Waals surface area contributed by atoms with Gasteiger partial charge in [-0.1, -0.05) is 13.8 Å². The van der Waals surface area contributed by atoms with E-state index in [1.807, 2.05) is 4.90 Å². The van der Waals surface area contributed by atoms with Crippen molar-refractivity contribution in [1.82, 2.24) is 4.90 Å². The molecule has 90 valence electrons. The Morgan fingerprint density at radius 3 is 2.60 bits per heavy atom. The monoisotopic (exact) mass is 216 g/mol. The summed E-state index contributed by atoms with van der Waals surface area (Å²) in [5, 5.41) is 0. The highest BCUT2D eigenvalue weighted by atomic mass is 16.5. The van der Waals surface area contributed by atoms with E-state index in [0.29, 0.717) is 32.0 Å². The molecule has 4 heteroatoms. The number of hydrogen-bond acceptors (Lipinski definition) is 3. The summed E-state index contributed by atoms with van der Waals surface area (Å²) in [5.74, 6) is 0.676. The van der Waals surface area contributed by atoms with Crippen molar-refractivity contribution in [2.45, 2.75) is 26.7 Å². The smallest absolute Gasteiger partial charge is 0.222 e. The number of nitrogens with zero attached hydrogens (tertiary/aromatic N) is 1. The lowest BCUT2D eigenvalue weighted by Crippen LogP contribution is -2.36. The zero-order valence-electron chi connectivity index (χ0n) is 10.2. The molecule has 0 aliphatic carbocycles. The van der Waals surface area contributed by atoms with Crippen molar-refractivity contribution in [3.8, 4) is 0 Å². The van der Waals surface area contributed by atoms with E-state index in [-0.39, 0.29) is 5.91 Å². The third-order valence-corrected chi connectivity index (χ3v) is 2.10. The van der Waals surface area contributed by atoms with Gasteiger partial charge in [-0.3, -0.25) is 4.79 Å². The van der Waals surface area contributed by atoms with Gasteiger partial charge < -0.3 is 15.4 Å². The van der Waals surface area contributed by atoms with Gasteiger partial charge in [-0.25, -0.2) is 0 Å². The fourth-order valence-corrected chi connectivity index (χ4v) is 1.37. The fraction of sp³-hybridized carbons (Fsp3) is 0.909. The van der Waals surface area contributed by atoms with Crippen molar-refractivity contribution in [3.05, 3.63) is 0 Å². The lowest BCUT2D eigenvalue weighted by atomic mass is 10.2. The molecule has 0 aromatic carbocycles. The van der Waals surface area contributed by atoms with Gasteiger partial charge in [0, 0.05) is 26.6 Å². The summed E-state index contributed by atoms with van der Waals surface area (Å²) in [5.41, 5.74) is 5.38. The quantitative estimate of drug-likeness (QED) is 0.654. The van der Waals surface area contributed by atoms with E-state index in [1.165, 1.54) is 0 Å². The van der Waals surface area contributed by atoms with Crippen LogP contribution >= 0.6 is 0 Å². The van der Waals surface area contributed by atoms with Crippen LogP contribution in [0.1, 0.15) is 26.7 Å². The summed E-state index contributed by atoms with van der Waals surface area (Å²) in [7, 11) is 1.65. The second-order valence-corrected chi connectivity index (χ2v) is 4.12. The molecule has 15 heavy (non-hydrogen) atoms. The molecule has 0 unspecified atom stereocenters. The van der Waals surface area contributed by atoms with Gasteiger partial charge in [-0.2, -0.15) is 0 Å². The molecule has 0 spiro atoms. The van der Waals surface area contributed by atoms with E-state index in [9.17, 15) is 4.79 Å². The average molecular weight is 216 g/mol. The molecule has 0 aliphatic rings. The Hall–Kier alpha value is -0.610. The van der Waals surface area contributed by atoms with Crippen LogP contribution in [-0.4, -0.2) is 44.2 Å². The van der Waals surface area contributed by atoms with Crippen LogP contribution in [-0.2, 0) is 9.53 Å². The maximum Gasteiger partial charge on any atom is 0.222 e. The van der Waals surface area contributed by atoms with Gasteiger partial charge in [-0.15, -0.1) is 0 Å². The number of nitrogens with two attached hydrogens (primary N) is 1. The van der Waals surface area contributed by atoms with Gasteiger partial charge in [0.25, 0.3) is 0 Å². The fourth-order valence-electron chi connectivity index (χ4n) is 1.37. The molecule has 0 bridgehead atoms. The van der Waals surface area contributed by atoms with Crippen molar-refractivity contribution in [3.63, 3.8) is 0 Å². The topological polar surface area (TPSA) is 55.6 Å². The zero-order valence-corrected chi connectivity index (χ0v) is 10.2. The van der Waals surface area contributed by atoms with Crippen LogP contribution in [0, 0.1) is 5.92 Å². The number of hydrogen-bond donors (Lipinski definition) is 1. The molecule has 0 heterocycles. The number of amides is 1. The van der Waals surface area contributed by atoms with Crippen molar-refractivity contribution in [2.75, 3.05) is 33.4 Å². The molecule has 0 aliphatic heterocycles. The largest absolute Gasteiger partial charge is 0.383 e. The highest BCUT2D eigenvalue weighted by Gasteiger charge is 2.13. The van der Waals surface area contributed by atoms with Gasteiger partial charge in [0.15, 0.2) is 0 Å². The summed E-state index contributed by atoms with van der Waals surface area (Å²) in [6.45, 7) is 6.86. The minimum Gasteiger partial charge on any atom is -0.383 e. The van der Waals surface area contributed by atoms with Crippen LogP contribution in [0.3, 0.4) is 0 Å². The number of carbonyl (C=O) groups excluding carboxylic acids is 1. The Labute approximate surface area is 92.8 Å². The Kier molecular flexibility index (Phi) is 8.33. The van der Waals surface area contributed by atoms with E-state index in [2.05, 4.69) is 13.8 Å². The third kappa shape index (κ3) is 7.33. The van der Waals surface area contributed by atoms with Gasteiger partial charge in [0.05, 0.1) is 6.61 Å². The zero-order chi connectivity index (χ0) is 11.7. The molecular formula is C11H24N2O2. The Balaban J connectivity index is 4.02. The van der Waals surface area contributed by atoms with Gasteiger partial charge in [0.1, 0.15) is 0 Å². The van der Waals surface area contributed by atoms with Crippen LogP contribution in [0.2, 0.25) is 0 Å².